The van der Waals surface area contributed by atoms with E-state index in [2.05, 4.69) is 21.2 Å². The number of ether oxygens (including phenoxy) is 3. The highest BCUT2D eigenvalue weighted by molar-refractivity contribution is 9.10. The van der Waals surface area contributed by atoms with Gasteiger partial charge in [-0.25, -0.2) is 4.79 Å². The number of nitrogens with one attached hydrogen (secondary N) is 1. The summed E-state index contributed by atoms with van der Waals surface area (Å²) < 4.78 is 16.7. The van der Waals surface area contributed by atoms with Gasteiger partial charge in [0.2, 0.25) is 0 Å². The number of methoxy groups -OCH3 is 1. The molecule has 7 nitrogen and oxygen atoms in total. The van der Waals surface area contributed by atoms with Gasteiger partial charge in [0.15, 0.2) is 11.5 Å². The van der Waals surface area contributed by atoms with Crippen LogP contribution in [-0.4, -0.2) is 31.7 Å². The third-order valence-corrected chi connectivity index (χ3v) is 5.09. The van der Waals surface area contributed by atoms with Crippen LogP contribution in [0.4, 0.5) is 5.00 Å². The summed E-state index contributed by atoms with van der Waals surface area (Å²) in [6, 6.07) is 6.84. The monoisotopic (exact) mass is 492 g/mol. The van der Waals surface area contributed by atoms with Crippen molar-refractivity contribution in [2.75, 3.05) is 19.0 Å². The van der Waals surface area contributed by atoms with E-state index in [1.54, 1.807) is 37.4 Å². The molecule has 30 heavy (non-hydrogen) atoms. The lowest BCUT2D eigenvalue weighted by atomic mass is 10.1. The molecule has 0 spiro atoms. The van der Waals surface area contributed by atoms with Crippen molar-refractivity contribution in [1.82, 2.24) is 0 Å². The number of thiophene rings is 1. The van der Waals surface area contributed by atoms with Crippen LogP contribution in [0.5, 0.6) is 11.5 Å². The Kier molecular flexibility index (Phi) is 8.45. The summed E-state index contributed by atoms with van der Waals surface area (Å²) in [5.74, 6) is -0.175. The van der Waals surface area contributed by atoms with Crippen LogP contribution in [-0.2, 0) is 9.53 Å². The Hall–Kier alpha value is -2.83. The fourth-order valence-electron chi connectivity index (χ4n) is 2.44. The first kappa shape index (κ1) is 23.4. The standard InChI is InChI=1S/C21H21BrN2O5S/c1-5-28-18-16(22)9-13(10-17(18)27-4)8-14(11-23)19(25)24-20-15(6-7-30-20)21(26)29-12(2)3/h6-10,12H,5H2,1-4H3,(H,24,25)/b14-8+. The maximum absolute atomic E-state index is 12.6. The molecular formula is C21H21BrN2O5S. The van der Waals surface area contributed by atoms with E-state index in [1.807, 2.05) is 13.0 Å². The van der Waals surface area contributed by atoms with Crippen molar-refractivity contribution >= 4 is 50.2 Å². The van der Waals surface area contributed by atoms with Crippen LogP contribution in [0.25, 0.3) is 6.08 Å². The van der Waals surface area contributed by atoms with E-state index < -0.39 is 11.9 Å². The molecule has 0 aliphatic carbocycles. The van der Waals surface area contributed by atoms with Crippen molar-refractivity contribution in [3.05, 3.63) is 44.8 Å². The van der Waals surface area contributed by atoms with E-state index in [1.165, 1.54) is 24.5 Å². The van der Waals surface area contributed by atoms with Crippen molar-refractivity contribution < 1.29 is 23.8 Å². The lowest BCUT2D eigenvalue weighted by molar-refractivity contribution is -0.112. The van der Waals surface area contributed by atoms with Gasteiger partial charge in [-0.3, -0.25) is 4.79 Å². The summed E-state index contributed by atoms with van der Waals surface area (Å²) >= 11 is 4.58. The molecule has 0 bridgehead atoms. The summed E-state index contributed by atoms with van der Waals surface area (Å²) in [4.78, 5) is 24.8. The average molecular weight is 493 g/mol. The maximum atomic E-state index is 12.6. The Bertz CT molecular complexity index is 1010. The molecule has 0 atom stereocenters. The highest BCUT2D eigenvalue weighted by atomic mass is 79.9. The van der Waals surface area contributed by atoms with E-state index in [-0.39, 0.29) is 17.2 Å². The number of hydrogen-bond acceptors (Lipinski definition) is 7. The molecule has 0 fully saturated rings. The van der Waals surface area contributed by atoms with E-state index in [4.69, 9.17) is 14.2 Å². The second kappa shape index (κ2) is 10.8. The number of rotatable bonds is 8. The van der Waals surface area contributed by atoms with Crippen LogP contribution in [0.15, 0.2) is 33.6 Å². The number of anilines is 1. The van der Waals surface area contributed by atoms with Crippen LogP contribution in [0, 0.1) is 11.3 Å². The van der Waals surface area contributed by atoms with E-state index in [0.29, 0.717) is 33.1 Å². The zero-order valence-electron chi connectivity index (χ0n) is 16.9. The molecule has 1 N–H and O–H groups in total. The molecule has 0 saturated heterocycles. The minimum atomic E-state index is -0.637. The van der Waals surface area contributed by atoms with Gasteiger partial charge in [0, 0.05) is 0 Å². The number of halogens is 1. The lowest BCUT2D eigenvalue weighted by Gasteiger charge is -2.12. The predicted octanol–water partition coefficient (Wildman–Crippen LogP) is 5.03. The largest absolute Gasteiger partial charge is 0.493 e. The van der Waals surface area contributed by atoms with Gasteiger partial charge < -0.3 is 19.5 Å². The zero-order valence-corrected chi connectivity index (χ0v) is 19.3. The molecule has 9 heteroatoms. The minimum Gasteiger partial charge on any atom is -0.493 e. The number of carbonyl (C=O) groups is 2. The van der Waals surface area contributed by atoms with E-state index >= 15 is 0 Å². The molecule has 0 radical (unpaired) electrons. The summed E-state index contributed by atoms with van der Waals surface area (Å²) in [5, 5.41) is 14.1. The van der Waals surface area contributed by atoms with Crippen molar-refractivity contribution in [2.45, 2.75) is 26.9 Å². The second-order valence-corrected chi connectivity index (χ2v) is 7.98. The van der Waals surface area contributed by atoms with Crippen LogP contribution < -0.4 is 14.8 Å². The van der Waals surface area contributed by atoms with Gasteiger partial charge in [-0.2, -0.15) is 5.26 Å². The van der Waals surface area contributed by atoms with Gasteiger partial charge in [-0.05, 0) is 71.9 Å². The molecule has 0 aliphatic heterocycles. The number of amides is 1. The first-order valence-corrected chi connectivity index (χ1v) is 10.7. The molecule has 0 aliphatic rings. The second-order valence-electron chi connectivity index (χ2n) is 6.21. The Morgan fingerprint density at radius 3 is 2.70 bits per heavy atom. The third kappa shape index (κ3) is 5.84. The third-order valence-electron chi connectivity index (χ3n) is 3.67. The molecule has 158 valence electrons. The number of hydrogen-bond donors (Lipinski definition) is 1. The zero-order chi connectivity index (χ0) is 22.3. The molecule has 1 amide bonds. The van der Waals surface area contributed by atoms with Crippen molar-refractivity contribution in [1.29, 1.82) is 5.26 Å². The van der Waals surface area contributed by atoms with Crippen LogP contribution >= 0.6 is 27.3 Å². The van der Waals surface area contributed by atoms with Gasteiger partial charge in [-0.15, -0.1) is 11.3 Å². The number of carbonyl (C=O) groups excluding carboxylic acids is 2. The van der Waals surface area contributed by atoms with E-state index in [9.17, 15) is 14.9 Å². The Morgan fingerprint density at radius 1 is 1.37 bits per heavy atom. The molecular weight excluding hydrogens is 472 g/mol. The summed E-state index contributed by atoms with van der Waals surface area (Å²) in [6.45, 7) is 5.79. The quantitative estimate of drug-likeness (QED) is 0.315. The summed E-state index contributed by atoms with van der Waals surface area (Å²) in [7, 11) is 1.50. The Morgan fingerprint density at radius 2 is 2.10 bits per heavy atom. The number of esters is 1. The minimum absolute atomic E-state index is 0.135. The fraction of sp³-hybridized carbons (Fsp3) is 0.286. The van der Waals surface area contributed by atoms with Gasteiger partial charge in [0.1, 0.15) is 16.6 Å². The lowest BCUT2D eigenvalue weighted by Crippen LogP contribution is -2.17. The molecule has 2 rings (SSSR count). The topological polar surface area (TPSA) is 97.7 Å². The molecule has 2 aromatic rings. The van der Waals surface area contributed by atoms with Gasteiger partial charge in [-0.1, -0.05) is 0 Å². The summed E-state index contributed by atoms with van der Waals surface area (Å²) in [5.41, 5.74) is 0.675. The summed E-state index contributed by atoms with van der Waals surface area (Å²) in [6.07, 6.45) is 1.14. The normalized spacial score (nSPS) is 11.0. The van der Waals surface area contributed by atoms with Crippen molar-refractivity contribution in [3.8, 4) is 17.6 Å². The van der Waals surface area contributed by atoms with Crippen LogP contribution in [0.1, 0.15) is 36.7 Å². The van der Waals surface area contributed by atoms with Crippen molar-refractivity contribution in [2.24, 2.45) is 0 Å². The number of nitriles is 1. The fourth-order valence-corrected chi connectivity index (χ4v) is 3.78. The molecule has 0 saturated carbocycles. The highest BCUT2D eigenvalue weighted by Gasteiger charge is 2.19. The molecule has 0 unspecified atom stereocenters. The SMILES string of the molecule is CCOc1c(Br)cc(/C=C(\C#N)C(=O)Nc2sccc2C(=O)OC(C)C)cc1OC. The molecule has 1 heterocycles. The Labute approximate surface area is 187 Å². The Balaban J connectivity index is 2.29. The average Bonchev–Trinajstić information content (AvgIpc) is 3.15. The number of nitrogens with zero attached hydrogens (tertiary/aromatic N) is 1. The van der Waals surface area contributed by atoms with Gasteiger partial charge in [0.05, 0.1) is 29.9 Å². The smallest absolute Gasteiger partial charge is 0.341 e. The first-order valence-electron chi connectivity index (χ1n) is 9.02. The van der Waals surface area contributed by atoms with E-state index in [0.717, 1.165) is 0 Å². The number of benzene rings is 1. The van der Waals surface area contributed by atoms with Crippen LogP contribution in [0.3, 0.4) is 0 Å². The first-order chi connectivity index (χ1) is 14.3. The highest BCUT2D eigenvalue weighted by Crippen LogP contribution is 2.37. The maximum Gasteiger partial charge on any atom is 0.341 e. The van der Waals surface area contributed by atoms with Gasteiger partial charge >= 0.3 is 5.97 Å². The van der Waals surface area contributed by atoms with Crippen LogP contribution in [0.2, 0.25) is 0 Å². The van der Waals surface area contributed by atoms with Gasteiger partial charge in [0.25, 0.3) is 5.91 Å². The van der Waals surface area contributed by atoms with Crippen molar-refractivity contribution in [3.63, 3.8) is 0 Å². The predicted molar refractivity (Wildman–Crippen MR) is 119 cm³/mol. The molecule has 1 aromatic carbocycles. The molecule has 1 aromatic heterocycles.